The highest BCUT2D eigenvalue weighted by Crippen LogP contribution is 2.21. The van der Waals surface area contributed by atoms with E-state index in [1.165, 1.54) is 11.8 Å². The van der Waals surface area contributed by atoms with Crippen LogP contribution < -0.4 is 10.6 Å². The van der Waals surface area contributed by atoms with E-state index >= 15 is 0 Å². The molecule has 0 aliphatic heterocycles. The zero-order valence-electron chi connectivity index (χ0n) is 17.0. The SMILES string of the molecule is Cc1ccc(/C=C(/NC(=O)c2ccccc2)C(=O)Nc2cccc(SCC#N)c2)cc1. The van der Waals surface area contributed by atoms with Crippen molar-refractivity contribution in [1.29, 1.82) is 5.26 Å². The maximum absolute atomic E-state index is 13.0. The van der Waals surface area contributed by atoms with Gasteiger partial charge in [-0.2, -0.15) is 5.26 Å². The second kappa shape index (κ2) is 10.8. The molecule has 0 fully saturated rings. The van der Waals surface area contributed by atoms with Gasteiger partial charge in [0.15, 0.2) is 0 Å². The van der Waals surface area contributed by atoms with Crippen molar-refractivity contribution in [3.63, 3.8) is 0 Å². The fourth-order valence-electron chi connectivity index (χ4n) is 2.75. The third-order valence-corrected chi connectivity index (χ3v) is 5.17. The van der Waals surface area contributed by atoms with Gasteiger partial charge in [-0.1, -0.05) is 54.1 Å². The third-order valence-electron chi connectivity index (χ3n) is 4.31. The van der Waals surface area contributed by atoms with E-state index in [9.17, 15) is 9.59 Å². The Balaban J connectivity index is 1.84. The lowest BCUT2D eigenvalue weighted by Gasteiger charge is -2.12. The maximum atomic E-state index is 13.0. The highest BCUT2D eigenvalue weighted by Gasteiger charge is 2.15. The van der Waals surface area contributed by atoms with Crippen molar-refractivity contribution in [2.75, 3.05) is 11.1 Å². The lowest BCUT2D eigenvalue weighted by molar-refractivity contribution is -0.113. The number of benzene rings is 3. The molecule has 3 aromatic carbocycles. The van der Waals surface area contributed by atoms with Crippen LogP contribution in [0.5, 0.6) is 0 Å². The van der Waals surface area contributed by atoms with Crippen LogP contribution in [0.4, 0.5) is 5.69 Å². The fraction of sp³-hybridized carbons (Fsp3) is 0.0800. The van der Waals surface area contributed by atoms with E-state index in [2.05, 4.69) is 16.7 Å². The predicted octanol–water partition coefficient (Wildman–Crippen LogP) is 5.02. The Morgan fingerprint density at radius 3 is 2.45 bits per heavy atom. The summed E-state index contributed by atoms with van der Waals surface area (Å²) >= 11 is 1.39. The molecular weight excluding hydrogens is 406 g/mol. The fourth-order valence-corrected chi connectivity index (χ4v) is 3.37. The molecule has 0 aliphatic carbocycles. The van der Waals surface area contributed by atoms with Gasteiger partial charge in [0.25, 0.3) is 11.8 Å². The van der Waals surface area contributed by atoms with E-state index in [0.717, 1.165) is 16.0 Å². The summed E-state index contributed by atoms with van der Waals surface area (Å²) in [6.45, 7) is 1.98. The zero-order valence-corrected chi connectivity index (χ0v) is 17.8. The van der Waals surface area contributed by atoms with Gasteiger partial charge >= 0.3 is 0 Å². The third kappa shape index (κ3) is 6.59. The molecule has 2 N–H and O–H groups in total. The highest BCUT2D eigenvalue weighted by molar-refractivity contribution is 7.99. The Bertz CT molecular complexity index is 1130. The minimum atomic E-state index is -0.438. The van der Waals surface area contributed by atoms with E-state index in [4.69, 9.17) is 5.26 Å². The second-order valence-electron chi connectivity index (χ2n) is 6.72. The lowest BCUT2D eigenvalue weighted by Crippen LogP contribution is -2.30. The first-order valence-corrected chi connectivity index (χ1v) is 10.6. The first kappa shape index (κ1) is 21.9. The Labute approximate surface area is 185 Å². The van der Waals surface area contributed by atoms with Gasteiger partial charge < -0.3 is 10.6 Å². The normalized spacial score (nSPS) is 10.8. The van der Waals surface area contributed by atoms with Gasteiger partial charge in [0, 0.05) is 16.1 Å². The molecule has 0 bridgehead atoms. The zero-order chi connectivity index (χ0) is 22.1. The standard InChI is InChI=1S/C25H21N3O2S/c1-18-10-12-19(13-11-18)16-23(28-24(29)20-6-3-2-4-7-20)25(30)27-21-8-5-9-22(17-21)31-15-14-26/h2-13,16-17H,15H2,1H3,(H,27,30)(H,28,29)/b23-16+. The summed E-state index contributed by atoms with van der Waals surface area (Å²) in [4.78, 5) is 26.6. The number of thioether (sulfide) groups is 1. The van der Waals surface area contributed by atoms with E-state index in [1.807, 2.05) is 43.3 Å². The van der Waals surface area contributed by atoms with E-state index < -0.39 is 5.91 Å². The van der Waals surface area contributed by atoms with Crippen molar-refractivity contribution < 1.29 is 9.59 Å². The molecule has 3 aromatic rings. The van der Waals surface area contributed by atoms with Crippen molar-refractivity contribution >= 4 is 35.3 Å². The van der Waals surface area contributed by atoms with Crippen molar-refractivity contribution in [2.24, 2.45) is 0 Å². The molecule has 0 aliphatic rings. The number of hydrogen-bond acceptors (Lipinski definition) is 4. The van der Waals surface area contributed by atoms with Crippen molar-refractivity contribution in [2.45, 2.75) is 11.8 Å². The van der Waals surface area contributed by atoms with E-state index in [1.54, 1.807) is 48.5 Å². The molecule has 0 atom stereocenters. The number of carbonyl (C=O) groups is 2. The number of carbonyl (C=O) groups excluding carboxylic acids is 2. The Hall–Kier alpha value is -3.82. The predicted molar refractivity (Wildman–Crippen MR) is 124 cm³/mol. The highest BCUT2D eigenvalue weighted by atomic mass is 32.2. The number of nitriles is 1. The molecule has 154 valence electrons. The average Bonchev–Trinajstić information content (AvgIpc) is 2.79. The molecule has 0 spiro atoms. The molecule has 6 heteroatoms. The minimum absolute atomic E-state index is 0.132. The molecule has 3 rings (SSSR count). The summed E-state index contributed by atoms with van der Waals surface area (Å²) in [7, 11) is 0. The maximum Gasteiger partial charge on any atom is 0.272 e. The molecule has 5 nitrogen and oxygen atoms in total. The van der Waals surface area contributed by atoms with E-state index in [0.29, 0.717) is 17.0 Å². The smallest absolute Gasteiger partial charge is 0.272 e. The molecule has 0 heterocycles. The average molecular weight is 428 g/mol. The summed E-state index contributed by atoms with van der Waals surface area (Å²) < 4.78 is 0. The van der Waals surface area contributed by atoms with Crippen LogP contribution in [0.25, 0.3) is 6.08 Å². The van der Waals surface area contributed by atoms with Gasteiger partial charge in [-0.05, 0) is 48.9 Å². The molecule has 0 saturated heterocycles. The summed E-state index contributed by atoms with van der Waals surface area (Å²) in [5.74, 6) is -0.483. The van der Waals surface area contributed by atoms with Crippen molar-refractivity contribution in [1.82, 2.24) is 5.32 Å². The summed E-state index contributed by atoms with van der Waals surface area (Å²) in [5.41, 5.74) is 3.06. The van der Waals surface area contributed by atoms with Gasteiger partial charge in [-0.25, -0.2) is 0 Å². The Morgan fingerprint density at radius 2 is 1.74 bits per heavy atom. The largest absolute Gasteiger partial charge is 0.321 e. The van der Waals surface area contributed by atoms with Crippen LogP contribution in [-0.2, 0) is 4.79 Å². The number of anilines is 1. The van der Waals surface area contributed by atoms with Crippen LogP contribution in [-0.4, -0.2) is 17.6 Å². The number of rotatable bonds is 7. The van der Waals surface area contributed by atoms with Gasteiger partial charge in [-0.3, -0.25) is 9.59 Å². The first-order chi connectivity index (χ1) is 15.0. The topological polar surface area (TPSA) is 82.0 Å². The summed E-state index contributed by atoms with van der Waals surface area (Å²) in [6, 6.07) is 25.7. The Morgan fingerprint density at radius 1 is 1.00 bits per heavy atom. The van der Waals surface area contributed by atoms with Crippen LogP contribution in [0.2, 0.25) is 0 Å². The molecule has 0 aromatic heterocycles. The number of aryl methyl sites for hydroxylation is 1. The molecule has 2 amide bonds. The molecule has 31 heavy (non-hydrogen) atoms. The van der Waals surface area contributed by atoms with Crippen LogP contribution in [0.15, 0.2) is 89.5 Å². The minimum Gasteiger partial charge on any atom is -0.321 e. The van der Waals surface area contributed by atoms with Gasteiger partial charge in [-0.15, -0.1) is 11.8 Å². The van der Waals surface area contributed by atoms with Gasteiger partial charge in [0.1, 0.15) is 5.70 Å². The summed E-state index contributed by atoms with van der Waals surface area (Å²) in [6.07, 6.45) is 1.64. The number of nitrogens with one attached hydrogen (secondary N) is 2. The summed E-state index contributed by atoms with van der Waals surface area (Å²) in [5, 5.41) is 14.3. The molecule has 0 unspecified atom stereocenters. The molecule has 0 saturated carbocycles. The van der Waals surface area contributed by atoms with Crippen molar-refractivity contribution in [3.8, 4) is 6.07 Å². The van der Waals surface area contributed by atoms with Crippen LogP contribution in [0.1, 0.15) is 21.5 Å². The molecular formula is C25H21N3O2S. The quantitative estimate of drug-likeness (QED) is 0.410. The number of hydrogen-bond donors (Lipinski definition) is 2. The molecule has 0 radical (unpaired) electrons. The monoisotopic (exact) mass is 427 g/mol. The lowest BCUT2D eigenvalue weighted by atomic mass is 10.1. The van der Waals surface area contributed by atoms with Crippen molar-refractivity contribution in [3.05, 3.63) is 101 Å². The van der Waals surface area contributed by atoms with E-state index in [-0.39, 0.29) is 11.6 Å². The number of amides is 2. The first-order valence-electron chi connectivity index (χ1n) is 9.61. The van der Waals surface area contributed by atoms with Crippen LogP contribution >= 0.6 is 11.8 Å². The second-order valence-corrected chi connectivity index (χ2v) is 7.77. The van der Waals surface area contributed by atoms with Gasteiger partial charge in [0.05, 0.1) is 11.8 Å². The Kier molecular flexibility index (Phi) is 7.63. The van der Waals surface area contributed by atoms with Crippen LogP contribution in [0.3, 0.4) is 0 Å². The van der Waals surface area contributed by atoms with Crippen LogP contribution in [0, 0.1) is 18.3 Å². The van der Waals surface area contributed by atoms with Gasteiger partial charge in [0.2, 0.25) is 0 Å². The number of nitrogens with zero attached hydrogens (tertiary/aromatic N) is 1.